The Morgan fingerprint density at radius 3 is 2.75 bits per heavy atom. The van der Waals surface area contributed by atoms with Crippen molar-refractivity contribution < 1.29 is 9.84 Å². The number of aromatic nitrogens is 1. The molecule has 1 aromatic carbocycles. The maximum absolute atomic E-state index is 9.44. The van der Waals surface area contributed by atoms with Gasteiger partial charge in [-0.3, -0.25) is 4.98 Å². The lowest BCUT2D eigenvalue weighted by Crippen LogP contribution is -1.91. The number of methoxy groups -OCH3 is 1. The van der Waals surface area contributed by atoms with Crippen LogP contribution in [0.2, 0.25) is 0 Å². The fourth-order valence-electron chi connectivity index (χ4n) is 1.68. The molecule has 0 aliphatic rings. The number of ether oxygens (including phenoxy) is 1. The van der Waals surface area contributed by atoms with Crippen molar-refractivity contribution >= 4 is 0 Å². The number of pyridine rings is 1. The second-order valence-corrected chi connectivity index (χ2v) is 3.56. The van der Waals surface area contributed by atoms with Gasteiger partial charge in [0.15, 0.2) is 0 Å². The van der Waals surface area contributed by atoms with E-state index < -0.39 is 0 Å². The molecule has 0 saturated carbocycles. The van der Waals surface area contributed by atoms with E-state index in [1.165, 1.54) is 0 Å². The molecule has 1 aromatic heterocycles. The predicted molar refractivity (Wildman–Crippen MR) is 62.6 cm³/mol. The van der Waals surface area contributed by atoms with Gasteiger partial charge >= 0.3 is 0 Å². The Morgan fingerprint density at radius 2 is 2.06 bits per heavy atom. The molecule has 0 spiro atoms. The highest BCUT2D eigenvalue weighted by Gasteiger charge is 2.07. The van der Waals surface area contributed by atoms with Gasteiger partial charge in [-0.15, -0.1) is 0 Å². The van der Waals surface area contributed by atoms with Crippen molar-refractivity contribution in [2.24, 2.45) is 0 Å². The molecule has 0 bridgehead atoms. The number of benzene rings is 1. The minimum Gasteiger partial charge on any atom is -0.508 e. The molecule has 82 valence electrons. The Kier molecular flexibility index (Phi) is 2.77. The molecule has 0 amide bonds. The molecule has 3 nitrogen and oxygen atoms in total. The fourth-order valence-corrected chi connectivity index (χ4v) is 1.68. The SMILES string of the molecule is COc1cncc(-c2cccc(O)c2)c1C. The van der Waals surface area contributed by atoms with E-state index in [1.54, 1.807) is 31.6 Å². The average Bonchev–Trinajstić information content (AvgIpc) is 2.29. The van der Waals surface area contributed by atoms with E-state index in [-0.39, 0.29) is 5.75 Å². The largest absolute Gasteiger partial charge is 0.508 e. The molecule has 0 aliphatic carbocycles. The molecular formula is C13H13NO2. The highest BCUT2D eigenvalue weighted by atomic mass is 16.5. The summed E-state index contributed by atoms with van der Waals surface area (Å²) in [4.78, 5) is 4.12. The van der Waals surface area contributed by atoms with Crippen LogP contribution < -0.4 is 4.74 Å². The number of aromatic hydroxyl groups is 1. The van der Waals surface area contributed by atoms with Crippen LogP contribution in [0.4, 0.5) is 0 Å². The lowest BCUT2D eigenvalue weighted by molar-refractivity contribution is 0.410. The lowest BCUT2D eigenvalue weighted by atomic mass is 10.0. The van der Waals surface area contributed by atoms with Crippen molar-refractivity contribution in [1.29, 1.82) is 0 Å². The van der Waals surface area contributed by atoms with Crippen LogP contribution in [-0.4, -0.2) is 17.2 Å². The molecule has 16 heavy (non-hydrogen) atoms. The second-order valence-electron chi connectivity index (χ2n) is 3.56. The molecule has 0 aliphatic heterocycles. The smallest absolute Gasteiger partial charge is 0.140 e. The molecule has 0 radical (unpaired) electrons. The molecule has 2 aromatic rings. The highest BCUT2D eigenvalue weighted by Crippen LogP contribution is 2.30. The Balaban J connectivity index is 2.56. The number of phenolic OH excluding ortho intramolecular Hbond substituents is 1. The average molecular weight is 215 g/mol. The summed E-state index contributed by atoms with van der Waals surface area (Å²) >= 11 is 0. The number of rotatable bonds is 2. The number of nitrogens with zero attached hydrogens (tertiary/aromatic N) is 1. The maximum Gasteiger partial charge on any atom is 0.140 e. The molecule has 2 rings (SSSR count). The Labute approximate surface area is 94.3 Å². The lowest BCUT2D eigenvalue weighted by Gasteiger charge is -2.09. The third-order valence-corrected chi connectivity index (χ3v) is 2.55. The van der Waals surface area contributed by atoms with Crippen molar-refractivity contribution in [3.63, 3.8) is 0 Å². The van der Waals surface area contributed by atoms with Gasteiger partial charge in [0, 0.05) is 17.3 Å². The Hall–Kier alpha value is -2.03. The van der Waals surface area contributed by atoms with Gasteiger partial charge in [-0.1, -0.05) is 12.1 Å². The first-order valence-electron chi connectivity index (χ1n) is 5.00. The van der Waals surface area contributed by atoms with Gasteiger partial charge in [0.25, 0.3) is 0 Å². The molecule has 0 atom stereocenters. The summed E-state index contributed by atoms with van der Waals surface area (Å²) in [6.45, 7) is 1.97. The van der Waals surface area contributed by atoms with Gasteiger partial charge in [0.1, 0.15) is 11.5 Å². The molecule has 0 saturated heterocycles. The van der Waals surface area contributed by atoms with Crippen LogP contribution in [-0.2, 0) is 0 Å². The summed E-state index contributed by atoms with van der Waals surface area (Å²) in [5.74, 6) is 1.00. The van der Waals surface area contributed by atoms with Gasteiger partial charge in [-0.05, 0) is 24.6 Å². The quantitative estimate of drug-likeness (QED) is 0.837. The van der Waals surface area contributed by atoms with Crippen molar-refractivity contribution in [3.8, 4) is 22.6 Å². The topological polar surface area (TPSA) is 42.4 Å². The summed E-state index contributed by atoms with van der Waals surface area (Å²) in [6, 6.07) is 7.10. The first-order valence-corrected chi connectivity index (χ1v) is 5.00. The van der Waals surface area contributed by atoms with E-state index in [9.17, 15) is 5.11 Å². The van der Waals surface area contributed by atoms with Crippen molar-refractivity contribution in [1.82, 2.24) is 4.98 Å². The minimum absolute atomic E-state index is 0.250. The van der Waals surface area contributed by atoms with Crippen molar-refractivity contribution in [3.05, 3.63) is 42.2 Å². The molecule has 0 fully saturated rings. The summed E-state index contributed by atoms with van der Waals surface area (Å²) in [6.07, 6.45) is 3.45. The predicted octanol–water partition coefficient (Wildman–Crippen LogP) is 2.77. The molecular weight excluding hydrogens is 202 g/mol. The zero-order valence-corrected chi connectivity index (χ0v) is 9.27. The van der Waals surface area contributed by atoms with Gasteiger partial charge < -0.3 is 9.84 Å². The number of phenols is 1. The van der Waals surface area contributed by atoms with E-state index in [2.05, 4.69) is 4.98 Å². The summed E-state index contributed by atoms with van der Waals surface area (Å²) in [5.41, 5.74) is 2.92. The van der Waals surface area contributed by atoms with Crippen LogP contribution in [0.5, 0.6) is 11.5 Å². The molecule has 1 N–H and O–H groups in total. The van der Waals surface area contributed by atoms with Crippen LogP contribution >= 0.6 is 0 Å². The standard InChI is InChI=1S/C13H13NO2/c1-9-12(7-14-8-13(9)16-2)10-4-3-5-11(15)6-10/h3-8,15H,1-2H3. The van der Waals surface area contributed by atoms with E-state index >= 15 is 0 Å². The van der Waals surface area contributed by atoms with Gasteiger partial charge in [-0.25, -0.2) is 0 Å². The Bertz CT molecular complexity index is 509. The van der Waals surface area contributed by atoms with E-state index in [1.807, 2.05) is 19.1 Å². The van der Waals surface area contributed by atoms with Crippen LogP contribution in [0, 0.1) is 6.92 Å². The second kappa shape index (κ2) is 4.23. The molecule has 0 unspecified atom stereocenters. The van der Waals surface area contributed by atoms with Gasteiger partial charge in [0.2, 0.25) is 0 Å². The molecule has 3 heteroatoms. The normalized spacial score (nSPS) is 10.1. The zero-order chi connectivity index (χ0) is 11.5. The first kappa shape index (κ1) is 10.5. The maximum atomic E-state index is 9.44. The number of hydrogen-bond donors (Lipinski definition) is 1. The van der Waals surface area contributed by atoms with E-state index in [0.717, 1.165) is 22.4 Å². The zero-order valence-electron chi connectivity index (χ0n) is 9.27. The summed E-state index contributed by atoms with van der Waals surface area (Å²) in [7, 11) is 1.62. The Morgan fingerprint density at radius 1 is 1.25 bits per heavy atom. The van der Waals surface area contributed by atoms with Crippen molar-refractivity contribution in [2.75, 3.05) is 7.11 Å². The van der Waals surface area contributed by atoms with E-state index in [0.29, 0.717) is 0 Å². The third kappa shape index (κ3) is 1.84. The third-order valence-electron chi connectivity index (χ3n) is 2.55. The highest BCUT2D eigenvalue weighted by molar-refractivity contribution is 5.69. The number of hydrogen-bond acceptors (Lipinski definition) is 3. The van der Waals surface area contributed by atoms with Crippen LogP contribution in [0.15, 0.2) is 36.7 Å². The van der Waals surface area contributed by atoms with E-state index in [4.69, 9.17) is 4.74 Å². The monoisotopic (exact) mass is 215 g/mol. The van der Waals surface area contributed by atoms with Crippen LogP contribution in [0.3, 0.4) is 0 Å². The van der Waals surface area contributed by atoms with Gasteiger partial charge in [-0.2, -0.15) is 0 Å². The summed E-state index contributed by atoms with van der Waals surface area (Å²) in [5, 5.41) is 9.44. The van der Waals surface area contributed by atoms with Gasteiger partial charge in [0.05, 0.1) is 13.3 Å². The summed E-state index contributed by atoms with van der Waals surface area (Å²) < 4.78 is 5.21. The fraction of sp³-hybridized carbons (Fsp3) is 0.154. The van der Waals surface area contributed by atoms with Crippen LogP contribution in [0.25, 0.3) is 11.1 Å². The molecule has 1 heterocycles. The van der Waals surface area contributed by atoms with Crippen molar-refractivity contribution in [2.45, 2.75) is 6.92 Å². The first-order chi connectivity index (χ1) is 7.72. The van der Waals surface area contributed by atoms with Crippen LogP contribution in [0.1, 0.15) is 5.56 Å². The minimum atomic E-state index is 0.250.